The molecule has 0 saturated heterocycles. The molecule has 3 heteroatoms. The van der Waals surface area contributed by atoms with E-state index < -0.39 is 0 Å². The molecule has 1 aliphatic heterocycles. The van der Waals surface area contributed by atoms with Gasteiger partial charge in [-0.1, -0.05) is 6.07 Å². The summed E-state index contributed by atoms with van der Waals surface area (Å²) in [5.41, 5.74) is 7.05. The predicted octanol–water partition coefficient (Wildman–Crippen LogP) is 2.01. The number of benzene rings is 1. The second kappa shape index (κ2) is 2.92. The van der Waals surface area contributed by atoms with E-state index in [1.165, 1.54) is 16.9 Å². The Morgan fingerprint density at radius 2 is 2.15 bits per heavy atom. The van der Waals surface area contributed by atoms with Gasteiger partial charge in [0.1, 0.15) is 0 Å². The van der Waals surface area contributed by atoms with Crippen molar-refractivity contribution < 1.29 is 0 Å². The van der Waals surface area contributed by atoms with Crippen molar-refractivity contribution >= 4 is 11.4 Å². The minimum absolute atomic E-state index is 0.986. The van der Waals surface area contributed by atoms with Crippen molar-refractivity contribution in [1.29, 1.82) is 0 Å². The van der Waals surface area contributed by atoms with Crippen LogP contribution in [0.3, 0.4) is 0 Å². The molecule has 3 nitrogen and oxygen atoms in total. The molecule has 1 aromatic rings. The van der Waals surface area contributed by atoms with Gasteiger partial charge in [-0.25, -0.2) is 0 Å². The molecule has 0 aromatic heterocycles. The minimum atomic E-state index is 0.986. The van der Waals surface area contributed by atoms with Gasteiger partial charge in [0.05, 0.1) is 11.4 Å². The van der Waals surface area contributed by atoms with Crippen LogP contribution in [0.4, 0.5) is 11.4 Å². The third-order valence-corrected chi connectivity index (χ3v) is 2.37. The van der Waals surface area contributed by atoms with Crippen LogP contribution < -0.4 is 10.4 Å². The van der Waals surface area contributed by atoms with Crippen LogP contribution >= 0.6 is 0 Å². The molecule has 0 bridgehead atoms. The molecule has 1 aromatic carbocycles. The highest BCUT2D eigenvalue weighted by Gasteiger charge is 2.21. The second-order valence-corrected chi connectivity index (χ2v) is 3.37. The molecule has 0 amide bonds. The van der Waals surface area contributed by atoms with Gasteiger partial charge in [-0.05, 0) is 31.5 Å². The lowest BCUT2D eigenvalue weighted by atomic mass is 10.2. The number of hydrogen-bond donors (Lipinski definition) is 1. The lowest BCUT2D eigenvalue weighted by Gasteiger charge is -2.23. The van der Waals surface area contributed by atoms with E-state index in [1.54, 1.807) is 0 Å². The van der Waals surface area contributed by atoms with Crippen LogP contribution in [0.2, 0.25) is 0 Å². The Balaban J connectivity index is 2.42. The number of anilines is 2. The van der Waals surface area contributed by atoms with E-state index in [0.29, 0.717) is 0 Å². The third kappa shape index (κ3) is 1.25. The van der Waals surface area contributed by atoms with Crippen LogP contribution in [0.25, 0.3) is 0 Å². The van der Waals surface area contributed by atoms with Gasteiger partial charge in [-0.2, -0.15) is 0 Å². The summed E-state index contributed by atoms with van der Waals surface area (Å²) in [5, 5.41) is 4.22. The van der Waals surface area contributed by atoms with Crippen molar-refractivity contribution in [2.45, 2.75) is 13.8 Å². The van der Waals surface area contributed by atoms with Crippen LogP contribution in [0, 0.1) is 6.92 Å². The fourth-order valence-corrected chi connectivity index (χ4v) is 1.74. The SMILES string of the molecule is CCN1c2ccc(C)cc2NN1C. The van der Waals surface area contributed by atoms with Gasteiger partial charge in [0.2, 0.25) is 0 Å². The van der Waals surface area contributed by atoms with E-state index in [0.717, 1.165) is 6.54 Å². The van der Waals surface area contributed by atoms with E-state index >= 15 is 0 Å². The predicted molar refractivity (Wildman–Crippen MR) is 55.6 cm³/mol. The highest BCUT2D eigenvalue weighted by Crippen LogP contribution is 2.33. The van der Waals surface area contributed by atoms with Crippen LogP contribution in [-0.4, -0.2) is 18.7 Å². The largest absolute Gasteiger partial charge is 0.299 e. The number of rotatable bonds is 1. The van der Waals surface area contributed by atoms with Gasteiger partial charge in [-0.3, -0.25) is 10.4 Å². The first-order valence-electron chi connectivity index (χ1n) is 4.61. The van der Waals surface area contributed by atoms with Crippen LogP contribution in [0.15, 0.2) is 18.2 Å². The summed E-state index contributed by atoms with van der Waals surface area (Å²) < 4.78 is 0. The van der Waals surface area contributed by atoms with Crippen molar-refractivity contribution in [3.63, 3.8) is 0 Å². The molecular formula is C10H15N3. The molecule has 1 aliphatic rings. The van der Waals surface area contributed by atoms with Gasteiger partial charge >= 0.3 is 0 Å². The monoisotopic (exact) mass is 177 g/mol. The fourth-order valence-electron chi connectivity index (χ4n) is 1.74. The van der Waals surface area contributed by atoms with E-state index in [2.05, 4.69) is 42.5 Å². The molecule has 13 heavy (non-hydrogen) atoms. The highest BCUT2D eigenvalue weighted by atomic mass is 15.8. The number of nitrogens with zero attached hydrogens (tertiary/aromatic N) is 2. The lowest BCUT2D eigenvalue weighted by molar-refractivity contribution is 0.392. The standard InChI is InChI=1S/C10H15N3/c1-4-13-10-6-5-8(2)7-9(10)11-12(13)3/h5-7,11H,4H2,1-3H3. The van der Waals surface area contributed by atoms with Gasteiger partial charge in [0.15, 0.2) is 0 Å². The molecular weight excluding hydrogens is 162 g/mol. The Labute approximate surface area is 78.9 Å². The molecule has 0 atom stereocenters. The van der Waals surface area contributed by atoms with E-state index in [-0.39, 0.29) is 0 Å². The van der Waals surface area contributed by atoms with Crippen molar-refractivity contribution in [1.82, 2.24) is 5.12 Å². The molecule has 0 radical (unpaired) electrons. The number of aryl methyl sites for hydroxylation is 1. The number of hydrogen-bond acceptors (Lipinski definition) is 3. The molecule has 0 fully saturated rings. The van der Waals surface area contributed by atoms with E-state index in [9.17, 15) is 0 Å². The van der Waals surface area contributed by atoms with Crippen LogP contribution in [-0.2, 0) is 0 Å². The second-order valence-electron chi connectivity index (χ2n) is 3.37. The maximum absolute atomic E-state index is 3.30. The zero-order valence-electron chi connectivity index (χ0n) is 8.33. The summed E-state index contributed by atoms with van der Waals surface area (Å²) in [5.74, 6) is 0. The minimum Gasteiger partial charge on any atom is -0.299 e. The van der Waals surface area contributed by atoms with Gasteiger partial charge in [0, 0.05) is 13.6 Å². The molecule has 1 N–H and O–H groups in total. The van der Waals surface area contributed by atoms with Gasteiger partial charge in [-0.15, -0.1) is 5.12 Å². The highest BCUT2D eigenvalue weighted by molar-refractivity contribution is 5.73. The average Bonchev–Trinajstić information content (AvgIpc) is 2.39. The van der Waals surface area contributed by atoms with E-state index in [1.807, 2.05) is 12.2 Å². The zero-order valence-corrected chi connectivity index (χ0v) is 8.33. The molecule has 0 unspecified atom stereocenters. The first-order chi connectivity index (χ1) is 6.22. The Bertz CT molecular complexity index is 322. The van der Waals surface area contributed by atoms with Crippen LogP contribution in [0.5, 0.6) is 0 Å². The zero-order chi connectivity index (χ0) is 9.42. The molecule has 1 heterocycles. The first-order valence-corrected chi connectivity index (χ1v) is 4.61. The number of fused-ring (bicyclic) bond motifs is 1. The fraction of sp³-hybridized carbons (Fsp3) is 0.400. The first kappa shape index (κ1) is 8.38. The smallest absolute Gasteiger partial charge is 0.0785 e. The molecule has 0 spiro atoms. The van der Waals surface area contributed by atoms with Crippen molar-refractivity contribution in [2.24, 2.45) is 0 Å². The van der Waals surface area contributed by atoms with Crippen molar-refractivity contribution in [3.05, 3.63) is 23.8 Å². The Morgan fingerprint density at radius 1 is 1.38 bits per heavy atom. The molecule has 2 rings (SSSR count). The number of nitrogens with one attached hydrogen (secondary N) is 1. The quantitative estimate of drug-likeness (QED) is 0.708. The van der Waals surface area contributed by atoms with Gasteiger partial charge < -0.3 is 0 Å². The topological polar surface area (TPSA) is 18.5 Å². The van der Waals surface area contributed by atoms with Crippen LogP contribution in [0.1, 0.15) is 12.5 Å². The Morgan fingerprint density at radius 3 is 2.85 bits per heavy atom. The summed E-state index contributed by atoms with van der Waals surface area (Å²) >= 11 is 0. The molecule has 0 saturated carbocycles. The molecule has 70 valence electrons. The third-order valence-electron chi connectivity index (χ3n) is 2.37. The summed E-state index contributed by atoms with van der Waals surface area (Å²) in [4.78, 5) is 0. The van der Waals surface area contributed by atoms with Crippen molar-refractivity contribution in [3.8, 4) is 0 Å². The van der Waals surface area contributed by atoms with Gasteiger partial charge in [0.25, 0.3) is 0 Å². The number of hydrazine groups is 2. The summed E-state index contributed by atoms with van der Waals surface area (Å²) in [6.45, 7) is 5.24. The normalized spacial score (nSPS) is 15.8. The maximum Gasteiger partial charge on any atom is 0.0785 e. The lowest BCUT2D eigenvalue weighted by Crippen LogP contribution is -2.37. The summed E-state index contributed by atoms with van der Waals surface area (Å²) in [7, 11) is 2.03. The molecule has 0 aliphatic carbocycles. The Kier molecular flexibility index (Phi) is 1.88. The maximum atomic E-state index is 3.30. The summed E-state index contributed by atoms with van der Waals surface area (Å²) in [6.07, 6.45) is 0. The Hall–Kier alpha value is -1.22. The summed E-state index contributed by atoms with van der Waals surface area (Å²) in [6, 6.07) is 6.47. The van der Waals surface area contributed by atoms with Crippen molar-refractivity contribution in [2.75, 3.05) is 24.0 Å². The van der Waals surface area contributed by atoms with E-state index in [4.69, 9.17) is 0 Å². The average molecular weight is 177 g/mol.